The van der Waals surface area contributed by atoms with Gasteiger partial charge < -0.3 is 5.11 Å². The molecular weight excluding hydrogens is 347 g/mol. The van der Waals surface area contributed by atoms with Gasteiger partial charge in [0, 0.05) is 15.6 Å². The number of aliphatic hydroxyl groups is 1. The van der Waals surface area contributed by atoms with Crippen LogP contribution in [0.5, 0.6) is 0 Å². The number of hydrogen-bond acceptors (Lipinski definition) is 3. The molecule has 0 spiro atoms. The summed E-state index contributed by atoms with van der Waals surface area (Å²) in [5.41, 5.74) is 1.99. The number of aromatic nitrogens is 2. The largest absolute Gasteiger partial charge is 0.383 e. The summed E-state index contributed by atoms with van der Waals surface area (Å²) in [6.07, 6.45) is -0.518. The molecular formula is C14H13BrClFN2O. The lowest BCUT2D eigenvalue weighted by Crippen LogP contribution is -2.09. The van der Waals surface area contributed by atoms with Gasteiger partial charge in [0.05, 0.1) is 16.4 Å². The maximum Gasteiger partial charge on any atom is 0.149 e. The van der Waals surface area contributed by atoms with Gasteiger partial charge in [0.15, 0.2) is 0 Å². The molecule has 0 aliphatic rings. The highest BCUT2D eigenvalue weighted by Gasteiger charge is 2.21. The number of hydrogen-bond donors (Lipinski definition) is 1. The third-order valence-corrected chi connectivity index (χ3v) is 4.27. The maximum absolute atomic E-state index is 14.2. The smallest absolute Gasteiger partial charge is 0.149 e. The molecule has 1 N–H and O–H groups in total. The molecule has 1 heterocycles. The van der Waals surface area contributed by atoms with Gasteiger partial charge in [-0.15, -0.1) is 0 Å². The number of rotatable bonds is 3. The van der Waals surface area contributed by atoms with Crippen LogP contribution in [0.1, 0.15) is 35.5 Å². The molecule has 1 unspecified atom stereocenters. The van der Waals surface area contributed by atoms with Gasteiger partial charge in [0.2, 0.25) is 0 Å². The summed E-state index contributed by atoms with van der Waals surface area (Å²) >= 11 is 9.01. The van der Waals surface area contributed by atoms with Crippen molar-refractivity contribution in [1.82, 2.24) is 10.2 Å². The number of aryl methyl sites for hydroxylation is 2. The molecule has 20 heavy (non-hydrogen) atoms. The Balaban J connectivity index is 2.54. The summed E-state index contributed by atoms with van der Waals surface area (Å²) in [7, 11) is 0. The van der Waals surface area contributed by atoms with Crippen LogP contribution in [0.3, 0.4) is 0 Å². The third-order valence-electron chi connectivity index (χ3n) is 3.02. The van der Waals surface area contributed by atoms with Crippen LogP contribution >= 0.6 is 27.5 Å². The lowest BCUT2D eigenvalue weighted by Gasteiger charge is -2.16. The quantitative estimate of drug-likeness (QED) is 0.843. The standard InChI is InChI=1S/C14H13BrClFN2O/c1-3-11-9(6-7(2)18-19-11)14(20)8-4-5-10(15)12(16)13(8)17/h4-6,14,20H,3H2,1-2H3. The minimum Gasteiger partial charge on any atom is -0.383 e. The highest BCUT2D eigenvalue weighted by Crippen LogP contribution is 2.33. The molecule has 1 aromatic heterocycles. The molecule has 2 rings (SSSR count). The van der Waals surface area contributed by atoms with Crippen LogP contribution in [0.15, 0.2) is 22.7 Å². The fourth-order valence-corrected chi connectivity index (χ4v) is 2.44. The van der Waals surface area contributed by atoms with Crippen LogP contribution in [0.4, 0.5) is 4.39 Å². The van der Waals surface area contributed by atoms with E-state index < -0.39 is 11.9 Å². The number of halogens is 3. The SMILES string of the molecule is CCc1nnc(C)cc1C(O)c1ccc(Br)c(Cl)c1F. The van der Waals surface area contributed by atoms with E-state index in [0.717, 1.165) is 0 Å². The Morgan fingerprint density at radius 1 is 1.35 bits per heavy atom. The van der Waals surface area contributed by atoms with Crippen LogP contribution in [0, 0.1) is 12.7 Å². The van der Waals surface area contributed by atoms with E-state index in [4.69, 9.17) is 11.6 Å². The van der Waals surface area contributed by atoms with Crippen LogP contribution in [0.2, 0.25) is 5.02 Å². The van der Waals surface area contributed by atoms with Crippen molar-refractivity contribution in [2.45, 2.75) is 26.4 Å². The van der Waals surface area contributed by atoms with Gasteiger partial charge in [-0.3, -0.25) is 0 Å². The predicted octanol–water partition coefficient (Wildman–Crippen LogP) is 3.98. The molecule has 0 aliphatic carbocycles. The number of aliphatic hydroxyl groups excluding tert-OH is 1. The zero-order valence-corrected chi connectivity index (χ0v) is 13.3. The Labute approximate surface area is 129 Å². The van der Waals surface area contributed by atoms with Crippen LogP contribution in [-0.2, 0) is 6.42 Å². The van der Waals surface area contributed by atoms with Gasteiger partial charge >= 0.3 is 0 Å². The first-order chi connectivity index (χ1) is 9.45. The van der Waals surface area contributed by atoms with Crippen molar-refractivity contribution in [2.75, 3.05) is 0 Å². The van der Waals surface area contributed by atoms with Crippen molar-refractivity contribution < 1.29 is 9.50 Å². The average molecular weight is 360 g/mol. The fourth-order valence-electron chi connectivity index (χ4n) is 1.97. The van der Waals surface area contributed by atoms with Crippen molar-refractivity contribution in [3.8, 4) is 0 Å². The topological polar surface area (TPSA) is 46.0 Å². The zero-order valence-electron chi connectivity index (χ0n) is 11.0. The predicted molar refractivity (Wildman–Crippen MR) is 79.3 cm³/mol. The molecule has 0 fully saturated rings. The van der Waals surface area contributed by atoms with Crippen molar-refractivity contribution in [3.63, 3.8) is 0 Å². The van der Waals surface area contributed by atoms with Crippen LogP contribution < -0.4 is 0 Å². The summed E-state index contributed by atoms with van der Waals surface area (Å²) in [6, 6.07) is 4.83. The van der Waals surface area contributed by atoms with E-state index in [9.17, 15) is 9.50 Å². The van der Waals surface area contributed by atoms with Crippen LogP contribution in [-0.4, -0.2) is 15.3 Å². The average Bonchev–Trinajstić information content (AvgIpc) is 2.44. The first-order valence-electron chi connectivity index (χ1n) is 6.10. The normalized spacial score (nSPS) is 12.5. The monoisotopic (exact) mass is 358 g/mol. The summed E-state index contributed by atoms with van der Waals surface area (Å²) in [4.78, 5) is 0. The van der Waals surface area contributed by atoms with Crippen LogP contribution in [0.25, 0.3) is 0 Å². The molecule has 0 bridgehead atoms. The Hall–Kier alpha value is -1.04. The second kappa shape index (κ2) is 6.16. The Kier molecular flexibility index (Phi) is 4.73. The molecule has 1 atom stereocenters. The first kappa shape index (κ1) is 15.4. The summed E-state index contributed by atoms with van der Waals surface area (Å²) in [6.45, 7) is 3.67. The molecule has 2 aromatic rings. The third kappa shape index (κ3) is 2.85. The Bertz CT molecular complexity index is 651. The highest BCUT2D eigenvalue weighted by molar-refractivity contribution is 9.10. The van der Waals surface area contributed by atoms with Gasteiger partial charge in [0.1, 0.15) is 11.9 Å². The van der Waals surface area contributed by atoms with Crippen molar-refractivity contribution in [3.05, 3.63) is 56.0 Å². The molecule has 6 heteroatoms. The first-order valence-corrected chi connectivity index (χ1v) is 7.27. The van der Waals surface area contributed by atoms with Gasteiger partial charge in [-0.1, -0.05) is 24.6 Å². The Morgan fingerprint density at radius 3 is 2.70 bits per heavy atom. The van der Waals surface area contributed by atoms with E-state index in [0.29, 0.717) is 27.8 Å². The lowest BCUT2D eigenvalue weighted by atomic mass is 9.98. The maximum atomic E-state index is 14.2. The van der Waals surface area contributed by atoms with E-state index in [2.05, 4.69) is 26.1 Å². The molecule has 106 valence electrons. The summed E-state index contributed by atoms with van der Waals surface area (Å²) in [5.74, 6) is -0.634. The summed E-state index contributed by atoms with van der Waals surface area (Å²) < 4.78 is 14.6. The highest BCUT2D eigenvalue weighted by atomic mass is 79.9. The fraction of sp³-hybridized carbons (Fsp3) is 0.286. The molecule has 0 aliphatic heterocycles. The van der Waals surface area contributed by atoms with E-state index in [1.54, 1.807) is 19.1 Å². The lowest BCUT2D eigenvalue weighted by molar-refractivity contribution is 0.213. The van der Waals surface area contributed by atoms with E-state index in [1.165, 1.54) is 6.07 Å². The van der Waals surface area contributed by atoms with Crippen molar-refractivity contribution in [2.24, 2.45) is 0 Å². The molecule has 0 radical (unpaired) electrons. The second-order valence-corrected chi connectivity index (χ2v) is 5.64. The van der Waals surface area contributed by atoms with Gasteiger partial charge in [-0.05, 0) is 41.4 Å². The van der Waals surface area contributed by atoms with Gasteiger partial charge in [0.25, 0.3) is 0 Å². The van der Waals surface area contributed by atoms with Gasteiger partial charge in [-0.25, -0.2) is 4.39 Å². The van der Waals surface area contributed by atoms with Gasteiger partial charge in [-0.2, -0.15) is 10.2 Å². The van der Waals surface area contributed by atoms with E-state index in [-0.39, 0.29) is 10.6 Å². The molecule has 1 aromatic carbocycles. The minimum atomic E-state index is -1.12. The second-order valence-electron chi connectivity index (χ2n) is 4.41. The molecule has 3 nitrogen and oxygen atoms in total. The van der Waals surface area contributed by atoms with Crippen molar-refractivity contribution in [1.29, 1.82) is 0 Å². The summed E-state index contributed by atoms with van der Waals surface area (Å²) in [5, 5.41) is 18.4. The van der Waals surface area contributed by atoms with E-state index >= 15 is 0 Å². The van der Waals surface area contributed by atoms with E-state index in [1.807, 2.05) is 6.92 Å². The molecule has 0 saturated carbocycles. The number of nitrogens with zero attached hydrogens (tertiary/aromatic N) is 2. The molecule has 0 saturated heterocycles. The zero-order chi connectivity index (χ0) is 14.9. The Morgan fingerprint density at radius 2 is 2.05 bits per heavy atom. The minimum absolute atomic E-state index is 0.0432. The van der Waals surface area contributed by atoms with Crippen molar-refractivity contribution >= 4 is 27.5 Å². The molecule has 0 amide bonds. The number of benzene rings is 1.